The third kappa shape index (κ3) is 3.97. The van der Waals surface area contributed by atoms with Crippen LogP contribution in [0.15, 0.2) is 64.8 Å². The molecule has 0 atom stereocenters. The summed E-state index contributed by atoms with van der Waals surface area (Å²) in [6, 6.07) is 13.8. The second kappa shape index (κ2) is 8.47. The minimum atomic E-state index is -0.769. The second-order valence-electron chi connectivity index (χ2n) is 7.37. The number of nitrogens with zero attached hydrogens (tertiary/aromatic N) is 2. The topological polar surface area (TPSA) is 80.6 Å². The summed E-state index contributed by atoms with van der Waals surface area (Å²) in [5.41, 5.74) is 3.52. The first-order valence-corrected chi connectivity index (χ1v) is 10.6. The van der Waals surface area contributed by atoms with Crippen LogP contribution in [0.25, 0.3) is 11.8 Å². The maximum Gasteiger partial charge on any atom is 0.335 e. The average Bonchev–Trinajstić information content (AvgIpc) is 3.12. The van der Waals surface area contributed by atoms with Crippen LogP contribution in [-0.4, -0.2) is 29.5 Å². The first-order valence-electron chi connectivity index (χ1n) is 9.79. The SMILES string of the molecule is COc1ccc(-n2cc(/C=C3/C(=O)NC(=O)N(c4ccc(Br)cc4C)C3=O)cc2C)cc1. The molecule has 0 unspecified atom stereocenters. The summed E-state index contributed by atoms with van der Waals surface area (Å²) in [6.07, 6.45) is 3.33. The summed E-state index contributed by atoms with van der Waals surface area (Å²) in [4.78, 5) is 39.1. The lowest BCUT2D eigenvalue weighted by molar-refractivity contribution is -0.122. The van der Waals surface area contributed by atoms with Crippen molar-refractivity contribution in [1.82, 2.24) is 9.88 Å². The Labute approximate surface area is 193 Å². The van der Waals surface area contributed by atoms with Crippen molar-refractivity contribution >= 4 is 45.5 Å². The Balaban J connectivity index is 1.70. The molecule has 1 aliphatic heterocycles. The molecular weight excluding hydrogens is 474 g/mol. The summed E-state index contributed by atoms with van der Waals surface area (Å²) in [6.45, 7) is 3.72. The lowest BCUT2D eigenvalue weighted by atomic mass is 10.1. The Hall–Kier alpha value is -3.65. The molecule has 1 saturated heterocycles. The van der Waals surface area contributed by atoms with Crippen LogP contribution in [0, 0.1) is 13.8 Å². The largest absolute Gasteiger partial charge is 0.497 e. The van der Waals surface area contributed by atoms with Crippen molar-refractivity contribution < 1.29 is 19.1 Å². The maximum absolute atomic E-state index is 13.2. The molecule has 2 aromatic carbocycles. The van der Waals surface area contributed by atoms with Crippen molar-refractivity contribution in [2.24, 2.45) is 0 Å². The quantitative estimate of drug-likeness (QED) is 0.427. The molecule has 2 heterocycles. The van der Waals surface area contributed by atoms with E-state index in [1.807, 2.05) is 48.0 Å². The summed E-state index contributed by atoms with van der Waals surface area (Å²) in [7, 11) is 1.61. The van der Waals surface area contributed by atoms with Gasteiger partial charge in [-0.2, -0.15) is 0 Å². The van der Waals surface area contributed by atoms with Crippen LogP contribution in [0.3, 0.4) is 0 Å². The van der Waals surface area contributed by atoms with Gasteiger partial charge in [0.1, 0.15) is 11.3 Å². The number of rotatable bonds is 4. The van der Waals surface area contributed by atoms with Gasteiger partial charge in [-0.15, -0.1) is 0 Å². The first-order chi connectivity index (χ1) is 15.3. The predicted octanol–water partition coefficient (Wildman–Crippen LogP) is 4.53. The number of hydrogen-bond donors (Lipinski definition) is 1. The van der Waals surface area contributed by atoms with Gasteiger partial charge in [0.15, 0.2) is 0 Å². The van der Waals surface area contributed by atoms with Gasteiger partial charge in [-0.25, -0.2) is 9.69 Å². The summed E-state index contributed by atoms with van der Waals surface area (Å²) < 4.78 is 7.97. The molecule has 0 spiro atoms. The Morgan fingerprint density at radius 1 is 1.00 bits per heavy atom. The monoisotopic (exact) mass is 493 g/mol. The van der Waals surface area contributed by atoms with Crippen LogP contribution in [0.1, 0.15) is 16.8 Å². The van der Waals surface area contributed by atoms with Gasteiger partial charge in [0.05, 0.1) is 12.8 Å². The molecule has 3 aromatic rings. The Bertz CT molecular complexity index is 1270. The fourth-order valence-electron chi connectivity index (χ4n) is 3.61. The van der Waals surface area contributed by atoms with Gasteiger partial charge >= 0.3 is 6.03 Å². The van der Waals surface area contributed by atoms with Crippen molar-refractivity contribution in [3.63, 3.8) is 0 Å². The number of methoxy groups -OCH3 is 1. The number of imide groups is 2. The highest BCUT2D eigenvalue weighted by atomic mass is 79.9. The molecule has 1 N–H and O–H groups in total. The number of amides is 4. The van der Waals surface area contributed by atoms with Crippen molar-refractivity contribution in [1.29, 1.82) is 0 Å². The molecule has 4 amide bonds. The minimum absolute atomic E-state index is 0.112. The van der Waals surface area contributed by atoms with Crippen LogP contribution >= 0.6 is 15.9 Å². The third-order valence-electron chi connectivity index (χ3n) is 5.20. The third-order valence-corrected chi connectivity index (χ3v) is 5.69. The van der Waals surface area contributed by atoms with E-state index in [1.165, 1.54) is 6.08 Å². The Kier molecular flexibility index (Phi) is 5.71. The van der Waals surface area contributed by atoms with Gasteiger partial charge in [-0.05, 0) is 79.6 Å². The maximum atomic E-state index is 13.2. The van der Waals surface area contributed by atoms with Crippen molar-refractivity contribution in [2.45, 2.75) is 13.8 Å². The zero-order chi connectivity index (χ0) is 23.0. The van der Waals surface area contributed by atoms with Crippen LogP contribution in [0.5, 0.6) is 5.75 Å². The molecule has 1 aliphatic rings. The number of anilines is 1. The van der Waals surface area contributed by atoms with E-state index in [0.29, 0.717) is 11.3 Å². The molecule has 0 aliphatic carbocycles. The first kappa shape index (κ1) is 21.6. The van der Waals surface area contributed by atoms with Gasteiger partial charge in [0.25, 0.3) is 11.8 Å². The van der Waals surface area contributed by atoms with E-state index in [0.717, 1.165) is 32.1 Å². The van der Waals surface area contributed by atoms with E-state index >= 15 is 0 Å². The number of carbonyl (C=O) groups is 3. The highest BCUT2D eigenvalue weighted by molar-refractivity contribution is 9.10. The summed E-state index contributed by atoms with van der Waals surface area (Å²) in [5.74, 6) is -0.641. The molecule has 162 valence electrons. The van der Waals surface area contributed by atoms with E-state index in [2.05, 4.69) is 21.2 Å². The lowest BCUT2D eigenvalue weighted by Gasteiger charge is -2.27. The molecule has 0 saturated carbocycles. The molecule has 8 heteroatoms. The number of benzene rings is 2. The molecule has 0 bridgehead atoms. The highest BCUT2D eigenvalue weighted by Gasteiger charge is 2.37. The molecule has 32 heavy (non-hydrogen) atoms. The van der Waals surface area contributed by atoms with Crippen LogP contribution in [-0.2, 0) is 9.59 Å². The normalized spacial score (nSPS) is 15.3. The highest BCUT2D eigenvalue weighted by Crippen LogP contribution is 2.28. The van der Waals surface area contributed by atoms with E-state index in [-0.39, 0.29) is 5.57 Å². The van der Waals surface area contributed by atoms with Crippen molar-refractivity contribution in [3.05, 3.63) is 81.6 Å². The van der Waals surface area contributed by atoms with Gasteiger partial charge in [-0.1, -0.05) is 15.9 Å². The molecule has 1 aromatic heterocycles. The van der Waals surface area contributed by atoms with E-state index in [4.69, 9.17) is 4.74 Å². The summed E-state index contributed by atoms with van der Waals surface area (Å²) in [5, 5.41) is 2.26. The number of hydrogen-bond acceptors (Lipinski definition) is 4. The number of barbiturate groups is 1. The number of carbonyl (C=O) groups excluding carboxylic acids is 3. The number of nitrogens with one attached hydrogen (secondary N) is 1. The number of halogens is 1. The van der Waals surface area contributed by atoms with Crippen molar-refractivity contribution in [3.8, 4) is 11.4 Å². The van der Waals surface area contributed by atoms with Gasteiger partial charge in [0, 0.05) is 22.1 Å². The average molecular weight is 494 g/mol. The van der Waals surface area contributed by atoms with E-state index in [9.17, 15) is 14.4 Å². The van der Waals surface area contributed by atoms with Crippen LogP contribution in [0.4, 0.5) is 10.5 Å². The van der Waals surface area contributed by atoms with E-state index < -0.39 is 17.8 Å². The Morgan fingerprint density at radius 2 is 1.72 bits per heavy atom. The second-order valence-corrected chi connectivity index (χ2v) is 8.29. The fourth-order valence-corrected chi connectivity index (χ4v) is 4.09. The molecule has 4 rings (SSSR count). The zero-order valence-corrected chi connectivity index (χ0v) is 19.3. The standard InChI is InChI=1S/C24H20BrN3O4/c1-14-10-17(25)4-9-21(14)28-23(30)20(22(29)26-24(28)31)12-16-11-15(2)27(13-16)18-5-7-19(32-3)8-6-18/h4-13H,1-3H3,(H,26,29,31)/b20-12-. The smallest absolute Gasteiger partial charge is 0.335 e. The number of urea groups is 1. The number of aromatic nitrogens is 1. The molecular formula is C24H20BrN3O4. The molecule has 1 fully saturated rings. The van der Waals surface area contributed by atoms with E-state index in [1.54, 1.807) is 32.2 Å². The van der Waals surface area contributed by atoms with Gasteiger partial charge in [0.2, 0.25) is 0 Å². The van der Waals surface area contributed by atoms with Gasteiger partial charge < -0.3 is 9.30 Å². The molecule has 7 nitrogen and oxygen atoms in total. The van der Waals surface area contributed by atoms with Gasteiger partial charge in [-0.3, -0.25) is 14.9 Å². The molecule has 0 radical (unpaired) electrons. The number of ether oxygens (including phenoxy) is 1. The summed E-state index contributed by atoms with van der Waals surface area (Å²) >= 11 is 3.37. The lowest BCUT2D eigenvalue weighted by Crippen LogP contribution is -2.54. The fraction of sp³-hybridized carbons (Fsp3) is 0.125. The number of aryl methyl sites for hydroxylation is 2. The Morgan fingerprint density at radius 3 is 2.38 bits per heavy atom. The zero-order valence-electron chi connectivity index (χ0n) is 17.7. The van der Waals surface area contributed by atoms with Crippen LogP contribution < -0.4 is 15.0 Å². The van der Waals surface area contributed by atoms with Crippen LogP contribution in [0.2, 0.25) is 0 Å². The minimum Gasteiger partial charge on any atom is -0.497 e. The van der Waals surface area contributed by atoms with Crippen molar-refractivity contribution in [2.75, 3.05) is 12.0 Å². The predicted molar refractivity (Wildman–Crippen MR) is 125 cm³/mol.